The van der Waals surface area contributed by atoms with Gasteiger partial charge in [-0.05, 0) is 43.7 Å². The summed E-state index contributed by atoms with van der Waals surface area (Å²) in [5.41, 5.74) is 7.43. The molecule has 2 aromatic rings. The van der Waals surface area contributed by atoms with E-state index in [2.05, 4.69) is 4.98 Å². The molecule has 0 aliphatic carbocycles. The molecule has 1 heterocycles. The zero-order valence-electron chi connectivity index (χ0n) is 10.2. The molecule has 0 atom stereocenters. The van der Waals surface area contributed by atoms with Crippen LogP contribution in [0, 0.1) is 6.92 Å². The number of nitrogens with zero attached hydrogens (tertiary/aromatic N) is 1. The van der Waals surface area contributed by atoms with Gasteiger partial charge in [0, 0.05) is 6.20 Å². The lowest BCUT2D eigenvalue weighted by Gasteiger charge is -2.13. The van der Waals surface area contributed by atoms with Crippen molar-refractivity contribution in [3.63, 3.8) is 0 Å². The highest BCUT2D eigenvalue weighted by molar-refractivity contribution is 6.32. The number of aromatic nitrogens is 1. The molecular weight excluding hydrogens is 248 g/mol. The molecule has 0 amide bonds. The van der Waals surface area contributed by atoms with E-state index in [0.29, 0.717) is 23.1 Å². The summed E-state index contributed by atoms with van der Waals surface area (Å²) >= 11 is 6.18. The van der Waals surface area contributed by atoms with Crippen LogP contribution in [0.2, 0.25) is 5.02 Å². The van der Waals surface area contributed by atoms with E-state index in [1.165, 1.54) is 0 Å². The molecular formula is C14H15ClN2O. The summed E-state index contributed by atoms with van der Waals surface area (Å²) in [5.74, 6) is 1.38. The average Bonchev–Trinajstić information content (AvgIpc) is 2.36. The second-order valence-electron chi connectivity index (χ2n) is 3.96. The van der Waals surface area contributed by atoms with Gasteiger partial charge in [-0.3, -0.25) is 4.98 Å². The van der Waals surface area contributed by atoms with Gasteiger partial charge in [0.2, 0.25) is 0 Å². The minimum Gasteiger partial charge on any atom is -0.454 e. The first kappa shape index (κ1) is 12.9. The predicted octanol–water partition coefficient (Wildman–Crippen LogP) is 3.34. The van der Waals surface area contributed by atoms with Crippen molar-refractivity contribution in [2.75, 3.05) is 6.54 Å². The standard InChI is InChI=1S/C14H15ClN2O/c1-10-13(6-3-9-17-10)18-14-11(7-8-16)4-2-5-12(14)15/h2-6,9H,7-8,16H2,1H3. The van der Waals surface area contributed by atoms with Crippen LogP contribution in [-0.2, 0) is 6.42 Å². The molecule has 2 rings (SSSR count). The van der Waals surface area contributed by atoms with Gasteiger partial charge in [-0.15, -0.1) is 0 Å². The van der Waals surface area contributed by atoms with Crippen LogP contribution >= 0.6 is 11.6 Å². The topological polar surface area (TPSA) is 48.1 Å². The number of halogens is 1. The maximum absolute atomic E-state index is 6.18. The summed E-state index contributed by atoms with van der Waals surface area (Å²) in [6.07, 6.45) is 2.46. The molecule has 0 aliphatic heterocycles. The fourth-order valence-corrected chi connectivity index (χ4v) is 1.94. The predicted molar refractivity (Wildman–Crippen MR) is 73.3 cm³/mol. The SMILES string of the molecule is Cc1ncccc1Oc1c(Cl)cccc1CCN. The molecule has 0 aliphatic rings. The highest BCUT2D eigenvalue weighted by Gasteiger charge is 2.10. The molecule has 1 aromatic heterocycles. The molecule has 2 N–H and O–H groups in total. The zero-order valence-corrected chi connectivity index (χ0v) is 10.9. The Morgan fingerprint density at radius 1 is 1.28 bits per heavy atom. The number of aryl methyl sites for hydroxylation is 1. The number of ether oxygens (including phenoxy) is 1. The number of hydrogen-bond acceptors (Lipinski definition) is 3. The first-order valence-corrected chi connectivity index (χ1v) is 6.17. The van der Waals surface area contributed by atoms with Crippen molar-refractivity contribution in [2.24, 2.45) is 5.73 Å². The Hall–Kier alpha value is -1.58. The first-order chi connectivity index (χ1) is 8.72. The number of rotatable bonds is 4. The second kappa shape index (κ2) is 5.85. The third kappa shape index (κ3) is 2.81. The molecule has 0 unspecified atom stereocenters. The third-order valence-electron chi connectivity index (χ3n) is 2.63. The molecule has 94 valence electrons. The molecule has 3 nitrogen and oxygen atoms in total. The molecule has 18 heavy (non-hydrogen) atoms. The van der Waals surface area contributed by atoms with E-state index < -0.39 is 0 Å². The Morgan fingerprint density at radius 3 is 2.83 bits per heavy atom. The molecule has 0 bridgehead atoms. The number of pyridine rings is 1. The van der Waals surface area contributed by atoms with Gasteiger partial charge in [-0.2, -0.15) is 0 Å². The van der Waals surface area contributed by atoms with Crippen molar-refractivity contribution in [2.45, 2.75) is 13.3 Å². The maximum Gasteiger partial charge on any atom is 0.149 e. The van der Waals surface area contributed by atoms with Crippen LogP contribution < -0.4 is 10.5 Å². The van der Waals surface area contributed by atoms with Gasteiger partial charge < -0.3 is 10.5 Å². The van der Waals surface area contributed by atoms with E-state index in [0.717, 1.165) is 17.7 Å². The summed E-state index contributed by atoms with van der Waals surface area (Å²) in [4.78, 5) is 4.19. The number of nitrogens with two attached hydrogens (primary N) is 1. The first-order valence-electron chi connectivity index (χ1n) is 5.79. The van der Waals surface area contributed by atoms with E-state index in [1.807, 2.05) is 37.3 Å². The van der Waals surface area contributed by atoms with Crippen molar-refractivity contribution in [1.29, 1.82) is 0 Å². The van der Waals surface area contributed by atoms with Crippen molar-refractivity contribution >= 4 is 11.6 Å². The average molecular weight is 263 g/mol. The van der Waals surface area contributed by atoms with Gasteiger partial charge in [0.1, 0.15) is 11.5 Å². The van der Waals surface area contributed by atoms with Gasteiger partial charge in [0.25, 0.3) is 0 Å². The van der Waals surface area contributed by atoms with E-state index in [4.69, 9.17) is 22.1 Å². The van der Waals surface area contributed by atoms with Gasteiger partial charge in [-0.1, -0.05) is 23.7 Å². The van der Waals surface area contributed by atoms with Crippen LogP contribution in [0.1, 0.15) is 11.3 Å². The van der Waals surface area contributed by atoms with Gasteiger partial charge in [0.15, 0.2) is 0 Å². The summed E-state index contributed by atoms with van der Waals surface area (Å²) in [6, 6.07) is 9.39. The highest BCUT2D eigenvalue weighted by Crippen LogP contribution is 2.33. The number of para-hydroxylation sites is 1. The van der Waals surface area contributed by atoms with Crippen LogP contribution in [-0.4, -0.2) is 11.5 Å². The van der Waals surface area contributed by atoms with Crippen LogP contribution in [0.4, 0.5) is 0 Å². The van der Waals surface area contributed by atoms with Crippen LogP contribution in [0.25, 0.3) is 0 Å². The van der Waals surface area contributed by atoms with Gasteiger partial charge in [0.05, 0.1) is 10.7 Å². The van der Waals surface area contributed by atoms with Crippen molar-refractivity contribution < 1.29 is 4.74 Å². The van der Waals surface area contributed by atoms with Gasteiger partial charge >= 0.3 is 0 Å². The molecule has 0 spiro atoms. The van der Waals surface area contributed by atoms with Crippen LogP contribution in [0.5, 0.6) is 11.5 Å². The molecule has 1 aromatic carbocycles. The normalized spacial score (nSPS) is 10.4. The fourth-order valence-electron chi connectivity index (χ4n) is 1.71. The van der Waals surface area contributed by atoms with Crippen molar-refractivity contribution in [1.82, 2.24) is 4.98 Å². The number of hydrogen-bond donors (Lipinski definition) is 1. The smallest absolute Gasteiger partial charge is 0.149 e. The second-order valence-corrected chi connectivity index (χ2v) is 4.36. The molecule has 0 radical (unpaired) electrons. The minimum absolute atomic E-state index is 0.558. The Balaban J connectivity index is 2.36. The lowest BCUT2D eigenvalue weighted by atomic mass is 10.1. The van der Waals surface area contributed by atoms with E-state index in [1.54, 1.807) is 6.20 Å². The summed E-state index contributed by atoms with van der Waals surface area (Å²) in [7, 11) is 0. The molecule has 0 saturated carbocycles. The Labute approximate surface area is 112 Å². The number of benzene rings is 1. The lowest BCUT2D eigenvalue weighted by Crippen LogP contribution is -2.04. The third-order valence-corrected chi connectivity index (χ3v) is 2.93. The maximum atomic E-state index is 6.18. The Morgan fingerprint density at radius 2 is 2.11 bits per heavy atom. The van der Waals surface area contributed by atoms with Crippen LogP contribution in [0.15, 0.2) is 36.5 Å². The van der Waals surface area contributed by atoms with Gasteiger partial charge in [-0.25, -0.2) is 0 Å². The Bertz CT molecular complexity index is 543. The molecule has 0 saturated heterocycles. The largest absolute Gasteiger partial charge is 0.454 e. The minimum atomic E-state index is 0.558. The quantitative estimate of drug-likeness (QED) is 0.919. The zero-order chi connectivity index (χ0) is 13.0. The van der Waals surface area contributed by atoms with E-state index >= 15 is 0 Å². The van der Waals surface area contributed by atoms with E-state index in [9.17, 15) is 0 Å². The Kier molecular flexibility index (Phi) is 4.18. The highest BCUT2D eigenvalue weighted by atomic mass is 35.5. The molecule has 0 fully saturated rings. The summed E-state index contributed by atoms with van der Waals surface area (Å²) in [6.45, 7) is 2.46. The van der Waals surface area contributed by atoms with Crippen molar-refractivity contribution in [3.05, 3.63) is 52.8 Å². The monoisotopic (exact) mass is 262 g/mol. The summed E-state index contributed by atoms with van der Waals surface area (Å²) in [5, 5.41) is 0.587. The lowest BCUT2D eigenvalue weighted by molar-refractivity contribution is 0.470. The van der Waals surface area contributed by atoms with Crippen molar-refractivity contribution in [3.8, 4) is 11.5 Å². The van der Waals surface area contributed by atoms with Crippen LogP contribution in [0.3, 0.4) is 0 Å². The van der Waals surface area contributed by atoms with E-state index in [-0.39, 0.29) is 0 Å². The fraction of sp³-hybridized carbons (Fsp3) is 0.214. The summed E-state index contributed by atoms with van der Waals surface area (Å²) < 4.78 is 5.87. The molecule has 4 heteroatoms.